The van der Waals surface area contributed by atoms with Crippen molar-refractivity contribution in [3.63, 3.8) is 0 Å². The molecule has 23 heavy (non-hydrogen) atoms. The van der Waals surface area contributed by atoms with Crippen molar-refractivity contribution in [2.45, 2.75) is 32.1 Å². The molecule has 7 heteroatoms. The predicted molar refractivity (Wildman–Crippen MR) is 84.1 cm³/mol. The lowest BCUT2D eigenvalue weighted by Gasteiger charge is -2.33. The molecule has 2 amide bonds. The molecule has 0 bridgehead atoms. The van der Waals surface area contributed by atoms with Crippen LogP contribution in [-0.4, -0.2) is 66.0 Å². The maximum absolute atomic E-state index is 12.4. The highest BCUT2D eigenvalue weighted by Gasteiger charge is 2.30. The summed E-state index contributed by atoms with van der Waals surface area (Å²) >= 11 is 0. The summed E-state index contributed by atoms with van der Waals surface area (Å²) in [4.78, 5) is 28.0. The minimum atomic E-state index is -0.0734. The lowest BCUT2D eigenvalue weighted by Crippen LogP contribution is -2.51. The van der Waals surface area contributed by atoms with Crippen molar-refractivity contribution >= 4 is 11.8 Å². The van der Waals surface area contributed by atoms with Crippen LogP contribution in [0.1, 0.15) is 48.4 Å². The normalized spacial score (nSPS) is 18.9. The summed E-state index contributed by atoms with van der Waals surface area (Å²) < 4.78 is 5.25. The minimum Gasteiger partial charge on any atom is -0.360 e. The minimum absolute atomic E-state index is 0.0530. The average Bonchev–Trinajstić information content (AvgIpc) is 3.30. The van der Waals surface area contributed by atoms with E-state index in [9.17, 15) is 9.59 Å². The Balaban J connectivity index is 1.46. The van der Waals surface area contributed by atoms with Gasteiger partial charge in [0.2, 0.25) is 5.91 Å². The SMILES string of the molecule is CCCNC(=O)CN1CCN(C(=O)c2cc(C3CC3)on2)CC1. The predicted octanol–water partition coefficient (Wildman–Crippen LogP) is 0.836. The highest BCUT2D eigenvalue weighted by Crippen LogP contribution is 2.40. The summed E-state index contributed by atoms with van der Waals surface area (Å²) in [6.45, 7) is 5.79. The van der Waals surface area contributed by atoms with Crippen LogP contribution in [0.2, 0.25) is 0 Å². The zero-order valence-corrected chi connectivity index (χ0v) is 13.6. The molecule has 1 aliphatic heterocycles. The number of hydrogen-bond acceptors (Lipinski definition) is 5. The molecule has 1 aliphatic carbocycles. The number of aromatic nitrogens is 1. The molecule has 2 fully saturated rings. The fourth-order valence-corrected chi connectivity index (χ4v) is 2.74. The average molecular weight is 320 g/mol. The molecule has 7 nitrogen and oxygen atoms in total. The van der Waals surface area contributed by atoms with Crippen LogP contribution >= 0.6 is 0 Å². The Labute approximate surface area is 136 Å². The number of nitrogens with zero attached hydrogens (tertiary/aromatic N) is 3. The Morgan fingerprint density at radius 3 is 2.70 bits per heavy atom. The molecule has 1 aromatic rings. The molecule has 0 unspecified atom stereocenters. The zero-order valence-electron chi connectivity index (χ0n) is 13.6. The van der Waals surface area contributed by atoms with E-state index in [0.717, 1.165) is 25.0 Å². The van der Waals surface area contributed by atoms with Crippen LogP contribution in [0.25, 0.3) is 0 Å². The zero-order chi connectivity index (χ0) is 16.2. The third-order valence-corrected chi connectivity index (χ3v) is 4.33. The van der Waals surface area contributed by atoms with Gasteiger partial charge in [-0.15, -0.1) is 0 Å². The van der Waals surface area contributed by atoms with Gasteiger partial charge in [-0.05, 0) is 19.3 Å². The van der Waals surface area contributed by atoms with E-state index in [1.165, 1.54) is 0 Å². The summed E-state index contributed by atoms with van der Waals surface area (Å²) in [6.07, 6.45) is 3.19. The fraction of sp³-hybridized carbons (Fsp3) is 0.688. The van der Waals surface area contributed by atoms with Crippen molar-refractivity contribution in [3.8, 4) is 0 Å². The molecule has 0 atom stereocenters. The number of piperazine rings is 1. The molecule has 1 aromatic heterocycles. The Hall–Kier alpha value is -1.89. The molecule has 0 spiro atoms. The van der Waals surface area contributed by atoms with Crippen LogP contribution in [0.5, 0.6) is 0 Å². The molecular formula is C16H24N4O3. The first-order valence-corrected chi connectivity index (χ1v) is 8.42. The van der Waals surface area contributed by atoms with Crippen molar-refractivity contribution in [3.05, 3.63) is 17.5 Å². The molecular weight excluding hydrogens is 296 g/mol. The van der Waals surface area contributed by atoms with Gasteiger partial charge in [0, 0.05) is 44.7 Å². The van der Waals surface area contributed by atoms with E-state index in [4.69, 9.17) is 4.52 Å². The van der Waals surface area contributed by atoms with Crippen LogP contribution in [-0.2, 0) is 4.79 Å². The highest BCUT2D eigenvalue weighted by atomic mass is 16.5. The number of amides is 2. The number of carbonyl (C=O) groups is 2. The Morgan fingerprint density at radius 1 is 1.30 bits per heavy atom. The first kappa shape index (κ1) is 16.0. The van der Waals surface area contributed by atoms with E-state index < -0.39 is 0 Å². The molecule has 2 aliphatic rings. The number of nitrogens with one attached hydrogen (secondary N) is 1. The summed E-state index contributed by atoms with van der Waals surface area (Å²) in [5.74, 6) is 1.27. The molecule has 0 aromatic carbocycles. The second-order valence-electron chi connectivity index (χ2n) is 6.31. The Kier molecular flexibility index (Phi) is 4.95. The number of carbonyl (C=O) groups excluding carboxylic acids is 2. The van der Waals surface area contributed by atoms with Gasteiger partial charge in [-0.25, -0.2) is 0 Å². The Morgan fingerprint density at radius 2 is 2.04 bits per heavy atom. The summed E-state index contributed by atoms with van der Waals surface area (Å²) in [5.41, 5.74) is 0.404. The second-order valence-corrected chi connectivity index (χ2v) is 6.31. The van der Waals surface area contributed by atoms with E-state index in [1.54, 1.807) is 11.0 Å². The number of hydrogen-bond donors (Lipinski definition) is 1. The maximum Gasteiger partial charge on any atom is 0.276 e. The standard InChI is InChI=1S/C16H24N4O3/c1-2-5-17-15(21)11-19-6-8-20(9-7-19)16(22)13-10-14(23-18-13)12-3-4-12/h10,12H,2-9,11H2,1H3,(H,17,21). The van der Waals surface area contributed by atoms with Gasteiger partial charge in [-0.1, -0.05) is 12.1 Å². The van der Waals surface area contributed by atoms with E-state index in [0.29, 0.717) is 50.9 Å². The van der Waals surface area contributed by atoms with Crippen LogP contribution in [0, 0.1) is 0 Å². The van der Waals surface area contributed by atoms with E-state index in [-0.39, 0.29) is 11.8 Å². The van der Waals surface area contributed by atoms with Gasteiger partial charge in [0.1, 0.15) is 5.76 Å². The summed E-state index contributed by atoms with van der Waals surface area (Å²) in [5, 5.41) is 6.78. The van der Waals surface area contributed by atoms with Crippen molar-refractivity contribution in [2.24, 2.45) is 0 Å². The van der Waals surface area contributed by atoms with Gasteiger partial charge in [0.05, 0.1) is 6.54 Å². The largest absolute Gasteiger partial charge is 0.360 e. The van der Waals surface area contributed by atoms with Crippen LogP contribution < -0.4 is 5.32 Å². The van der Waals surface area contributed by atoms with E-state index >= 15 is 0 Å². The van der Waals surface area contributed by atoms with Gasteiger partial charge in [-0.2, -0.15) is 0 Å². The summed E-state index contributed by atoms with van der Waals surface area (Å²) in [6, 6.07) is 1.78. The molecule has 126 valence electrons. The monoisotopic (exact) mass is 320 g/mol. The first-order valence-electron chi connectivity index (χ1n) is 8.42. The quantitative estimate of drug-likeness (QED) is 0.840. The van der Waals surface area contributed by atoms with Gasteiger partial charge in [0.25, 0.3) is 5.91 Å². The first-order chi connectivity index (χ1) is 11.2. The van der Waals surface area contributed by atoms with Gasteiger partial charge in [-0.3, -0.25) is 14.5 Å². The Bertz CT molecular complexity index is 559. The van der Waals surface area contributed by atoms with E-state index in [2.05, 4.69) is 15.4 Å². The third kappa shape index (κ3) is 4.10. The molecule has 1 N–H and O–H groups in total. The fourth-order valence-electron chi connectivity index (χ4n) is 2.74. The summed E-state index contributed by atoms with van der Waals surface area (Å²) in [7, 11) is 0. The highest BCUT2D eigenvalue weighted by molar-refractivity contribution is 5.92. The molecule has 2 heterocycles. The molecule has 1 saturated heterocycles. The van der Waals surface area contributed by atoms with E-state index in [1.807, 2.05) is 6.92 Å². The van der Waals surface area contributed by atoms with Crippen molar-refractivity contribution in [2.75, 3.05) is 39.3 Å². The van der Waals surface area contributed by atoms with Gasteiger partial charge in [0.15, 0.2) is 5.69 Å². The number of rotatable bonds is 6. The molecule has 1 saturated carbocycles. The van der Waals surface area contributed by atoms with Crippen molar-refractivity contribution in [1.29, 1.82) is 0 Å². The van der Waals surface area contributed by atoms with Gasteiger partial charge >= 0.3 is 0 Å². The lowest BCUT2D eigenvalue weighted by molar-refractivity contribution is -0.122. The third-order valence-electron chi connectivity index (χ3n) is 4.33. The molecule has 0 radical (unpaired) electrons. The van der Waals surface area contributed by atoms with Crippen LogP contribution in [0.3, 0.4) is 0 Å². The lowest BCUT2D eigenvalue weighted by atomic mass is 10.2. The molecule has 3 rings (SSSR count). The van der Waals surface area contributed by atoms with Crippen LogP contribution in [0.4, 0.5) is 0 Å². The van der Waals surface area contributed by atoms with Crippen molar-refractivity contribution in [1.82, 2.24) is 20.3 Å². The maximum atomic E-state index is 12.4. The van der Waals surface area contributed by atoms with Gasteiger partial charge < -0.3 is 14.7 Å². The van der Waals surface area contributed by atoms with Crippen molar-refractivity contribution < 1.29 is 14.1 Å². The topological polar surface area (TPSA) is 78.7 Å². The van der Waals surface area contributed by atoms with Crippen LogP contribution in [0.15, 0.2) is 10.6 Å². The smallest absolute Gasteiger partial charge is 0.276 e. The second kappa shape index (κ2) is 7.12.